The third-order valence-corrected chi connectivity index (χ3v) is 5.88. The molecule has 4 rings (SSSR count). The lowest BCUT2D eigenvalue weighted by Crippen LogP contribution is -2.41. The Bertz CT molecular complexity index is 1210. The molecule has 1 fully saturated rings. The number of hydrogen-bond donors (Lipinski definition) is 0. The van der Waals surface area contributed by atoms with E-state index in [9.17, 15) is 18.8 Å². The molecule has 0 saturated carbocycles. The molecular weight excluding hydrogens is 417 g/mol. The van der Waals surface area contributed by atoms with Crippen LogP contribution in [0.4, 0.5) is 4.39 Å². The molecule has 0 atom stereocenters. The highest BCUT2D eigenvalue weighted by Crippen LogP contribution is 2.19. The Morgan fingerprint density at radius 1 is 1.19 bits per heavy atom. The van der Waals surface area contributed by atoms with E-state index in [2.05, 4.69) is 10.1 Å². The van der Waals surface area contributed by atoms with Crippen molar-refractivity contribution in [2.24, 2.45) is 5.92 Å². The molecular formula is C22H24FN5O4. The number of benzene rings is 1. The van der Waals surface area contributed by atoms with Crippen LogP contribution in [0.2, 0.25) is 0 Å². The summed E-state index contributed by atoms with van der Waals surface area (Å²) in [7, 11) is 1.37. The molecule has 9 nitrogen and oxygen atoms in total. The molecule has 1 amide bonds. The predicted molar refractivity (Wildman–Crippen MR) is 114 cm³/mol. The normalized spacial score (nSPS) is 14.7. The second kappa shape index (κ2) is 8.89. The van der Waals surface area contributed by atoms with Gasteiger partial charge in [0.1, 0.15) is 17.0 Å². The number of ether oxygens (including phenoxy) is 1. The lowest BCUT2D eigenvalue weighted by atomic mass is 9.97. The summed E-state index contributed by atoms with van der Waals surface area (Å²) >= 11 is 0. The van der Waals surface area contributed by atoms with E-state index in [-0.39, 0.29) is 42.1 Å². The molecule has 0 radical (unpaired) electrons. The van der Waals surface area contributed by atoms with Crippen molar-refractivity contribution in [2.45, 2.75) is 32.7 Å². The number of halogens is 1. The Labute approximate surface area is 183 Å². The van der Waals surface area contributed by atoms with Gasteiger partial charge >= 0.3 is 5.97 Å². The molecule has 10 heteroatoms. The lowest BCUT2D eigenvalue weighted by Gasteiger charge is -2.30. The Balaban J connectivity index is 1.48. The Morgan fingerprint density at radius 2 is 1.88 bits per heavy atom. The number of carbonyl (C=O) groups excluding carboxylic acids is 2. The summed E-state index contributed by atoms with van der Waals surface area (Å²) in [6.45, 7) is 2.89. The van der Waals surface area contributed by atoms with Crippen molar-refractivity contribution in [1.29, 1.82) is 0 Å². The van der Waals surface area contributed by atoms with E-state index in [0.717, 1.165) is 0 Å². The first-order valence-electron chi connectivity index (χ1n) is 10.5. The minimum Gasteiger partial charge on any atom is -0.469 e. The molecule has 0 bridgehead atoms. The van der Waals surface area contributed by atoms with Gasteiger partial charge in [-0.15, -0.1) is 0 Å². The molecule has 1 saturated heterocycles. The zero-order valence-electron chi connectivity index (χ0n) is 18.0. The molecule has 0 spiro atoms. The maximum absolute atomic E-state index is 13.2. The minimum absolute atomic E-state index is 0.0679. The van der Waals surface area contributed by atoms with Gasteiger partial charge in [0.2, 0.25) is 5.91 Å². The maximum atomic E-state index is 13.2. The number of hydrogen-bond acceptors (Lipinski definition) is 6. The number of carbonyl (C=O) groups is 2. The highest BCUT2D eigenvalue weighted by atomic mass is 19.1. The Morgan fingerprint density at radius 3 is 2.53 bits per heavy atom. The number of aryl methyl sites for hydroxylation is 1. The zero-order chi connectivity index (χ0) is 22.8. The van der Waals surface area contributed by atoms with Crippen LogP contribution in [0.3, 0.4) is 0 Å². The van der Waals surface area contributed by atoms with Gasteiger partial charge in [0.15, 0.2) is 5.65 Å². The number of nitrogens with zero attached hydrogens (tertiary/aromatic N) is 5. The van der Waals surface area contributed by atoms with Gasteiger partial charge < -0.3 is 9.64 Å². The van der Waals surface area contributed by atoms with Crippen LogP contribution in [-0.4, -0.2) is 56.3 Å². The number of aromatic nitrogens is 4. The number of fused-ring (bicyclic) bond motifs is 1. The van der Waals surface area contributed by atoms with Crippen LogP contribution in [0.5, 0.6) is 0 Å². The molecule has 1 aliphatic rings. The summed E-state index contributed by atoms with van der Waals surface area (Å²) in [6.07, 6.45) is 2.74. The standard InChI is InChI=1S/C22H24FN5O4/c1-14-25-20-18(13-24-28(20)17-5-3-16(23)4-6-17)21(30)27(14)12-9-19(29)26-10-7-15(8-11-26)22(31)32-2/h3-6,13,15H,7-12H2,1-2H3. The summed E-state index contributed by atoms with van der Waals surface area (Å²) in [4.78, 5) is 43.6. The summed E-state index contributed by atoms with van der Waals surface area (Å²) < 4.78 is 21.0. The van der Waals surface area contributed by atoms with E-state index >= 15 is 0 Å². The first-order chi connectivity index (χ1) is 15.4. The number of piperidine rings is 1. The molecule has 1 aromatic carbocycles. The van der Waals surface area contributed by atoms with Crippen molar-refractivity contribution in [2.75, 3.05) is 20.2 Å². The largest absolute Gasteiger partial charge is 0.469 e. The van der Waals surface area contributed by atoms with Crippen LogP contribution in [0, 0.1) is 18.7 Å². The number of likely N-dealkylation sites (tertiary alicyclic amines) is 1. The van der Waals surface area contributed by atoms with Crippen molar-refractivity contribution >= 4 is 22.9 Å². The molecule has 168 valence electrons. The first kappa shape index (κ1) is 21.7. The van der Waals surface area contributed by atoms with Gasteiger partial charge in [-0.2, -0.15) is 5.10 Å². The Hall–Kier alpha value is -3.56. The van der Waals surface area contributed by atoms with Crippen LogP contribution in [0.15, 0.2) is 35.3 Å². The first-order valence-corrected chi connectivity index (χ1v) is 10.5. The third kappa shape index (κ3) is 4.12. The van der Waals surface area contributed by atoms with Crippen molar-refractivity contribution in [3.8, 4) is 5.69 Å². The lowest BCUT2D eigenvalue weighted by molar-refractivity contribution is -0.148. The van der Waals surface area contributed by atoms with Crippen LogP contribution in [0.25, 0.3) is 16.7 Å². The highest BCUT2D eigenvalue weighted by molar-refractivity contribution is 5.78. The van der Waals surface area contributed by atoms with Gasteiger partial charge in [-0.25, -0.2) is 14.1 Å². The zero-order valence-corrected chi connectivity index (χ0v) is 18.0. The van der Waals surface area contributed by atoms with Crippen LogP contribution in [-0.2, 0) is 20.9 Å². The van der Waals surface area contributed by atoms with Gasteiger partial charge in [0.25, 0.3) is 5.56 Å². The fourth-order valence-electron chi connectivity index (χ4n) is 4.04. The van der Waals surface area contributed by atoms with Crippen molar-refractivity contribution < 1.29 is 18.7 Å². The molecule has 2 aromatic heterocycles. The summed E-state index contributed by atoms with van der Waals surface area (Å²) in [5.74, 6) is -0.376. The second-order valence-electron chi connectivity index (χ2n) is 7.81. The average Bonchev–Trinajstić information content (AvgIpc) is 3.22. The summed E-state index contributed by atoms with van der Waals surface area (Å²) in [5, 5.41) is 4.57. The molecule has 0 N–H and O–H groups in total. The average molecular weight is 441 g/mol. The minimum atomic E-state index is -0.365. The van der Waals surface area contributed by atoms with Crippen LogP contribution >= 0.6 is 0 Å². The molecule has 3 heterocycles. The molecule has 0 unspecified atom stereocenters. The smallest absolute Gasteiger partial charge is 0.308 e. The van der Waals surface area contributed by atoms with E-state index in [1.54, 1.807) is 24.0 Å². The van der Waals surface area contributed by atoms with E-state index in [4.69, 9.17) is 4.74 Å². The van der Waals surface area contributed by atoms with Gasteiger partial charge in [-0.3, -0.25) is 19.0 Å². The fraction of sp³-hybridized carbons (Fsp3) is 0.409. The van der Waals surface area contributed by atoms with Crippen molar-refractivity contribution in [3.63, 3.8) is 0 Å². The van der Waals surface area contributed by atoms with Gasteiger partial charge in [0, 0.05) is 26.1 Å². The molecule has 0 aliphatic carbocycles. The second-order valence-corrected chi connectivity index (χ2v) is 7.81. The summed E-state index contributed by atoms with van der Waals surface area (Å²) in [6, 6.07) is 5.76. The van der Waals surface area contributed by atoms with Crippen molar-refractivity contribution in [3.05, 3.63) is 52.5 Å². The molecule has 3 aromatic rings. The SMILES string of the molecule is COC(=O)C1CCN(C(=O)CCn2c(C)nc3c(cnn3-c3ccc(F)cc3)c2=O)CC1. The van der Waals surface area contributed by atoms with Crippen LogP contribution in [0.1, 0.15) is 25.1 Å². The van der Waals surface area contributed by atoms with E-state index in [1.807, 2.05) is 0 Å². The van der Waals surface area contributed by atoms with Gasteiger partial charge in [-0.1, -0.05) is 0 Å². The number of esters is 1. The molecule has 1 aliphatic heterocycles. The van der Waals surface area contributed by atoms with E-state index in [0.29, 0.717) is 48.5 Å². The molecule has 32 heavy (non-hydrogen) atoms. The predicted octanol–water partition coefficient (Wildman–Crippen LogP) is 1.83. The number of rotatable bonds is 5. The van der Waals surface area contributed by atoms with E-state index < -0.39 is 0 Å². The third-order valence-electron chi connectivity index (χ3n) is 5.88. The quantitative estimate of drug-likeness (QED) is 0.560. The monoisotopic (exact) mass is 441 g/mol. The topological polar surface area (TPSA) is 99.3 Å². The summed E-state index contributed by atoms with van der Waals surface area (Å²) in [5.41, 5.74) is 0.695. The Kier molecular flexibility index (Phi) is 6.02. The van der Waals surface area contributed by atoms with Gasteiger partial charge in [-0.05, 0) is 44.0 Å². The number of amides is 1. The van der Waals surface area contributed by atoms with Gasteiger partial charge in [0.05, 0.1) is 24.9 Å². The van der Waals surface area contributed by atoms with E-state index in [1.165, 1.54) is 34.7 Å². The van der Waals surface area contributed by atoms with Crippen molar-refractivity contribution in [1.82, 2.24) is 24.2 Å². The highest BCUT2D eigenvalue weighted by Gasteiger charge is 2.27. The number of methoxy groups -OCH3 is 1. The van der Waals surface area contributed by atoms with Crippen LogP contribution < -0.4 is 5.56 Å². The maximum Gasteiger partial charge on any atom is 0.308 e. The fourth-order valence-corrected chi connectivity index (χ4v) is 4.04.